The van der Waals surface area contributed by atoms with Gasteiger partial charge in [-0.1, -0.05) is 30.3 Å². The summed E-state index contributed by atoms with van der Waals surface area (Å²) in [5, 5.41) is 1.89. The average molecular weight is 341 g/mol. The molecule has 1 fully saturated rings. The number of nitrogens with one attached hydrogen (secondary N) is 1. The monoisotopic (exact) mass is 341 g/mol. The Hall–Kier alpha value is -1.48. The molecular weight excluding hydrogens is 326 g/mol. The van der Waals surface area contributed by atoms with Crippen molar-refractivity contribution in [3.8, 4) is 0 Å². The molecule has 6 nitrogen and oxygen atoms in total. The van der Waals surface area contributed by atoms with E-state index in [2.05, 4.69) is 0 Å². The van der Waals surface area contributed by atoms with Crippen LogP contribution in [0.25, 0.3) is 10.8 Å². The number of hydrogen-bond donors (Lipinski definition) is 1. The highest BCUT2D eigenvalue weighted by Gasteiger charge is 2.24. The fraction of sp³-hybridized carbons (Fsp3) is 0.286. The van der Waals surface area contributed by atoms with E-state index in [0.717, 1.165) is 29.2 Å². The molecule has 0 bridgehead atoms. The van der Waals surface area contributed by atoms with Crippen molar-refractivity contribution in [3.05, 3.63) is 47.5 Å². The van der Waals surface area contributed by atoms with E-state index in [1.54, 1.807) is 16.3 Å². The van der Waals surface area contributed by atoms with Gasteiger partial charge < -0.3 is 4.74 Å². The minimum atomic E-state index is -3.93. The molecule has 1 heterocycles. The topological polar surface area (TPSA) is 92.8 Å². The highest BCUT2D eigenvalue weighted by molar-refractivity contribution is 8.04. The summed E-state index contributed by atoms with van der Waals surface area (Å²) >= 11 is 0. The molecule has 1 aliphatic heterocycles. The van der Waals surface area contributed by atoms with Crippen molar-refractivity contribution in [1.82, 2.24) is 4.13 Å². The zero-order valence-corrected chi connectivity index (χ0v) is 13.4. The third kappa shape index (κ3) is 3.83. The van der Waals surface area contributed by atoms with Gasteiger partial charge >= 0.3 is 0 Å². The molecule has 0 aliphatic carbocycles. The normalized spacial score (nSPS) is 18.5. The quantitative estimate of drug-likeness (QED) is 0.827. The number of ether oxygens (including phenoxy) is 1. The fourth-order valence-electron chi connectivity index (χ4n) is 2.32. The molecule has 2 aromatic rings. The van der Waals surface area contributed by atoms with Gasteiger partial charge in [-0.25, -0.2) is 16.8 Å². The molecule has 0 radical (unpaired) electrons. The van der Waals surface area contributed by atoms with Crippen LogP contribution >= 0.6 is 0 Å². The van der Waals surface area contributed by atoms with Gasteiger partial charge in [0.25, 0.3) is 0 Å². The van der Waals surface area contributed by atoms with Crippen LogP contribution < -0.4 is 4.13 Å². The van der Waals surface area contributed by atoms with Gasteiger partial charge in [0.15, 0.2) is 0 Å². The number of sulfonamides is 2. The molecule has 0 aromatic heterocycles. The van der Waals surface area contributed by atoms with E-state index in [1.807, 2.05) is 24.3 Å². The number of rotatable bonds is 5. The van der Waals surface area contributed by atoms with Crippen LogP contribution in [0.3, 0.4) is 0 Å². The first-order valence-electron chi connectivity index (χ1n) is 6.57. The van der Waals surface area contributed by atoms with Crippen LogP contribution in [-0.2, 0) is 30.5 Å². The molecular formula is C14H15NO5S2. The average Bonchev–Trinajstić information content (AvgIpc) is 3.18. The van der Waals surface area contributed by atoms with Gasteiger partial charge in [-0.2, -0.15) is 0 Å². The molecule has 2 aromatic carbocycles. The van der Waals surface area contributed by atoms with Gasteiger partial charge in [-0.05, 0) is 28.0 Å². The maximum atomic E-state index is 11.8. The lowest BCUT2D eigenvalue weighted by Gasteiger charge is -2.07. The minimum absolute atomic E-state index is 0.170. The van der Waals surface area contributed by atoms with Gasteiger partial charge in [0.2, 0.25) is 20.0 Å². The largest absolute Gasteiger partial charge is 0.368 e. The molecule has 118 valence electrons. The van der Waals surface area contributed by atoms with E-state index in [0.29, 0.717) is 5.56 Å². The van der Waals surface area contributed by atoms with Crippen molar-refractivity contribution in [2.75, 3.05) is 12.9 Å². The van der Waals surface area contributed by atoms with E-state index >= 15 is 0 Å². The second-order valence-corrected chi connectivity index (χ2v) is 9.11. The van der Waals surface area contributed by atoms with E-state index in [4.69, 9.17) is 4.74 Å². The highest BCUT2D eigenvalue weighted by Crippen LogP contribution is 2.31. The van der Waals surface area contributed by atoms with Crippen LogP contribution in [0.2, 0.25) is 0 Å². The van der Waals surface area contributed by atoms with E-state index in [-0.39, 0.29) is 11.9 Å². The van der Waals surface area contributed by atoms with Crippen molar-refractivity contribution < 1.29 is 21.6 Å². The molecule has 0 spiro atoms. The van der Waals surface area contributed by atoms with E-state index < -0.39 is 20.0 Å². The summed E-state index contributed by atoms with van der Waals surface area (Å²) in [6, 6.07) is 11.1. The lowest BCUT2D eigenvalue weighted by molar-refractivity contribution is 0.416. The Morgan fingerprint density at radius 1 is 1.09 bits per heavy atom. The van der Waals surface area contributed by atoms with Crippen LogP contribution in [-0.4, -0.2) is 29.7 Å². The number of epoxide rings is 1. The first kappa shape index (κ1) is 15.4. The van der Waals surface area contributed by atoms with Crippen molar-refractivity contribution in [1.29, 1.82) is 0 Å². The summed E-state index contributed by atoms with van der Waals surface area (Å²) in [7, 11) is -7.74. The van der Waals surface area contributed by atoms with Crippen LogP contribution in [0.5, 0.6) is 0 Å². The Morgan fingerprint density at radius 3 is 2.36 bits per heavy atom. The van der Waals surface area contributed by atoms with Crippen molar-refractivity contribution in [3.63, 3.8) is 0 Å². The van der Waals surface area contributed by atoms with Gasteiger partial charge in [-0.15, -0.1) is 4.13 Å². The Labute approximate surface area is 129 Å². The molecule has 1 unspecified atom stereocenters. The van der Waals surface area contributed by atoms with E-state index in [9.17, 15) is 16.8 Å². The molecule has 1 saturated heterocycles. The third-order valence-electron chi connectivity index (χ3n) is 3.27. The Bertz CT molecular complexity index is 931. The lowest BCUT2D eigenvalue weighted by atomic mass is 10.0. The van der Waals surface area contributed by atoms with Crippen LogP contribution in [0.15, 0.2) is 36.4 Å². The molecule has 0 amide bonds. The standard InChI is InChI=1S/C14H15NO5S2/c1-21(16,17)15-22(18,19)9-10-2-3-12-7-13(14-8-20-14)5-4-11(12)6-10/h2-7,14-15H,8-9H2,1H3. The Kier molecular flexibility index (Phi) is 3.72. The van der Waals surface area contributed by atoms with Crippen LogP contribution in [0.4, 0.5) is 0 Å². The lowest BCUT2D eigenvalue weighted by Crippen LogP contribution is -2.30. The number of hydrogen-bond acceptors (Lipinski definition) is 5. The zero-order valence-electron chi connectivity index (χ0n) is 11.8. The van der Waals surface area contributed by atoms with Gasteiger partial charge in [-0.3, -0.25) is 0 Å². The predicted octanol–water partition coefficient (Wildman–Crippen LogP) is 1.29. The third-order valence-corrected chi connectivity index (χ3v) is 6.21. The summed E-state index contributed by atoms with van der Waals surface area (Å²) in [5.74, 6) is -0.385. The SMILES string of the molecule is CS(=O)(=O)NS(=O)(=O)Cc1ccc2cc(C3CO3)ccc2c1. The van der Waals surface area contributed by atoms with Gasteiger partial charge in [0.05, 0.1) is 18.6 Å². The molecule has 0 saturated carbocycles. The summed E-state index contributed by atoms with van der Waals surface area (Å²) in [5.41, 5.74) is 1.63. The van der Waals surface area contributed by atoms with Crippen LogP contribution in [0, 0.1) is 0 Å². The molecule has 1 aliphatic rings. The summed E-state index contributed by atoms with van der Waals surface area (Å²) in [4.78, 5) is 0. The van der Waals surface area contributed by atoms with Crippen molar-refractivity contribution >= 4 is 30.8 Å². The Balaban J connectivity index is 1.87. The van der Waals surface area contributed by atoms with Crippen molar-refractivity contribution in [2.24, 2.45) is 0 Å². The zero-order chi connectivity index (χ0) is 16.0. The fourth-order valence-corrected chi connectivity index (χ4v) is 5.02. The highest BCUT2D eigenvalue weighted by atomic mass is 32.3. The first-order valence-corrected chi connectivity index (χ1v) is 10.1. The summed E-state index contributed by atoms with van der Waals surface area (Å²) in [6.07, 6.45) is 0.982. The maximum Gasteiger partial charge on any atom is 0.228 e. The first-order chi connectivity index (χ1) is 10.2. The molecule has 1 atom stereocenters. The molecule has 22 heavy (non-hydrogen) atoms. The maximum absolute atomic E-state index is 11.8. The molecule has 3 rings (SSSR count). The second-order valence-electron chi connectivity index (χ2n) is 5.38. The number of fused-ring (bicyclic) bond motifs is 1. The number of benzene rings is 2. The van der Waals surface area contributed by atoms with Crippen LogP contribution in [0.1, 0.15) is 17.2 Å². The smallest absolute Gasteiger partial charge is 0.228 e. The minimum Gasteiger partial charge on any atom is -0.368 e. The van der Waals surface area contributed by atoms with Crippen molar-refractivity contribution in [2.45, 2.75) is 11.9 Å². The molecule has 8 heteroatoms. The predicted molar refractivity (Wildman–Crippen MR) is 83.2 cm³/mol. The van der Waals surface area contributed by atoms with E-state index in [1.165, 1.54) is 0 Å². The second kappa shape index (κ2) is 5.31. The summed E-state index contributed by atoms with van der Waals surface area (Å²) < 4.78 is 52.6. The van der Waals surface area contributed by atoms with Gasteiger partial charge in [0.1, 0.15) is 6.10 Å². The summed E-state index contributed by atoms with van der Waals surface area (Å²) in [6.45, 7) is 0.735. The Morgan fingerprint density at radius 2 is 1.73 bits per heavy atom. The molecule has 1 N–H and O–H groups in total. The van der Waals surface area contributed by atoms with Gasteiger partial charge in [0, 0.05) is 0 Å².